The molecule has 0 saturated carbocycles. The Hall–Kier alpha value is -2.85. The van der Waals surface area contributed by atoms with E-state index >= 15 is 0 Å². The van der Waals surface area contributed by atoms with Gasteiger partial charge in [-0.15, -0.1) is 0 Å². The molecular weight excluding hydrogens is 412 g/mol. The summed E-state index contributed by atoms with van der Waals surface area (Å²) in [4.78, 5) is 10.9. The second-order valence-corrected chi connectivity index (χ2v) is 9.05. The van der Waals surface area contributed by atoms with Gasteiger partial charge in [-0.2, -0.15) is 4.31 Å². The average molecular weight is 434 g/mol. The number of ether oxygens (including phenoxy) is 3. The zero-order chi connectivity index (χ0) is 21.1. The quantitative estimate of drug-likeness (QED) is 0.521. The van der Waals surface area contributed by atoms with E-state index in [-0.39, 0.29) is 10.6 Å². The van der Waals surface area contributed by atoms with Gasteiger partial charge in [0, 0.05) is 25.2 Å². The Morgan fingerprint density at radius 3 is 2.33 bits per heavy atom. The van der Waals surface area contributed by atoms with Crippen molar-refractivity contribution in [3.63, 3.8) is 0 Å². The fourth-order valence-corrected chi connectivity index (χ4v) is 5.07. The summed E-state index contributed by atoms with van der Waals surface area (Å²) >= 11 is 0. The van der Waals surface area contributed by atoms with Crippen molar-refractivity contribution < 1.29 is 27.6 Å². The van der Waals surface area contributed by atoms with Crippen LogP contribution in [0.2, 0.25) is 0 Å². The highest BCUT2D eigenvalue weighted by atomic mass is 32.2. The molecule has 0 radical (unpaired) electrons. The van der Waals surface area contributed by atoms with E-state index in [1.165, 1.54) is 16.4 Å². The Balaban J connectivity index is 1.63. The zero-order valence-corrected chi connectivity index (χ0v) is 17.1. The zero-order valence-electron chi connectivity index (χ0n) is 16.3. The fourth-order valence-electron chi connectivity index (χ4n) is 3.53. The molecule has 2 aliphatic rings. The number of nitro benzene ring substituents is 1. The molecule has 160 valence electrons. The molecule has 2 aromatic rings. The molecule has 10 heteroatoms. The lowest BCUT2D eigenvalue weighted by molar-refractivity contribution is -0.385. The Bertz CT molecular complexity index is 1050. The standard InChI is InChI=1S/C20H22N2O7S/c23-22(24)17-14-16(30(25,26)21-9-3-1-2-4-10-21)6-8-18(17)29-15-5-7-19-20(13-15)28-12-11-27-19/h5-8,13-14H,1-4,9-12H2. The molecule has 0 aromatic heterocycles. The number of sulfonamides is 1. The summed E-state index contributed by atoms with van der Waals surface area (Å²) in [7, 11) is -3.81. The van der Waals surface area contributed by atoms with Crippen molar-refractivity contribution in [2.45, 2.75) is 30.6 Å². The third-order valence-corrected chi connectivity index (χ3v) is 6.97. The smallest absolute Gasteiger partial charge is 0.312 e. The number of nitro groups is 1. The van der Waals surface area contributed by atoms with Gasteiger partial charge in [0.15, 0.2) is 11.5 Å². The lowest BCUT2D eigenvalue weighted by Gasteiger charge is -2.20. The van der Waals surface area contributed by atoms with Gasteiger partial charge in [-0.05, 0) is 37.1 Å². The minimum atomic E-state index is -3.81. The fraction of sp³-hybridized carbons (Fsp3) is 0.400. The van der Waals surface area contributed by atoms with Crippen molar-refractivity contribution in [3.05, 3.63) is 46.5 Å². The largest absolute Gasteiger partial charge is 0.486 e. The molecule has 0 N–H and O–H groups in total. The van der Waals surface area contributed by atoms with Crippen LogP contribution in [0.3, 0.4) is 0 Å². The Kier molecular flexibility index (Phi) is 5.78. The maximum atomic E-state index is 13.0. The van der Waals surface area contributed by atoms with Crippen molar-refractivity contribution in [3.8, 4) is 23.0 Å². The summed E-state index contributed by atoms with van der Waals surface area (Å²) < 4.78 is 44.0. The van der Waals surface area contributed by atoms with Crippen LogP contribution in [0.4, 0.5) is 5.69 Å². The molecule has 0 spiro atoms. The molecule has 0 amide bonds. The second-order valence-electron chi connectivity index (χ2n) is 7.11. The monoisotopic (exact) mass is 434 g/mol. The summed E-state index contributed by atoms with van der Waals surface area (Å²) in [5.41, 5.74) is -0.416. The first-order valence-corrected chi connectivity index (χ1v) is 11.3. The van der Waals surface area contributed by atoms with Crippen molar-refractivity contribution in [2.75, 3.05) is 26.3 Å². The molecule has 0 bridgehead atoms. The van der Waals surface area contributed by atoms with Gasteiger partial charge >= 0.3 is 5.69 Å². The van der Waals surface area contributed by atoms with Crippen LogP contribution in [0.15, 0.2) is 41.3 Å². The normalized spacial score (nSPS) is 17.2. The van der Waals surface area contributed by atoms with E-state index in [4.69, 9.17) is 14.2 Å². The number of hydrogen-bond acceptors (Lipinski definition) is 7. The van der Waals surface area contributed by atoms with Crippen LogP contribution in [-0.2, 0) is 10.0 Å². The first kappa shape index (κ1) is 20.4. The number of fused-ring (bicyclic) bond motifs is 1. The van der Waals surface area contributed by atoms with Gasteiger partial charge in [-0.3, -0.25) is 10.1 Å². The molecule has 1 fully saturated rings. The van der Waals surface area contributed by atoms with Gasteiger partial charge in [0.1, 0.15) is 19.0 Å². The van der Waals surface area contributed by atoms with Gasteiger partial charge < -0.3 is 14.2 Å². The van der Waals surface area contributed by atoms with Crippen LogP contribution in [-0.4, -0.2) is 43.9 Å². The predicted octanol–water partition coefficient (Wildman–Crippen LogP) is 3.72. The van der Waals surface area contributed by atoms with Crippen LogP contribution < -0.4 is 14.2 Å². The third-order valence-electron chi connectivity index (χ3n) is 5.07. The lowest BCUT2D eigenvalue weighted by atomic mass is 10.2. The maximum Gasteiger partial charge on any atom is 0.312 e. The highest BCUT2D eigenvalue weighted by Gasteiger charge is 2.28. The van der Waals surface area contributed by atoms with Crippen LogP contribution in [0.25, 0.3) is 0 Å². The van der Waals surface area contributed by atoms with E-state index in [0.717, 1.165) is 31.7 Å². The van der Waals surface area contributed by atoms with E-state index in [9.17, 15) is 18.5 Å². The molecule has 4 rings (SSSR count). The van der Waals surface area contributed by atoms with Crippen LogP contribution >= 0.6 is 0 Å². The predicted molar refractivity (Wildman–Crippen MR) is 108 cm³/mol. The topological polar surface area (TPSA) is 108 Å². The van der Waals surface area contributed by atoms with E-state index in [1.807, 2.05) is 0 Å². The van der Waals surface area contributed by atoms with Crippen molar-refractivity contribution in [2.24, 2.45) is 0 Å². The first-order valence-electron chi connectivity index (χ1n) is 9.81. The van der Waals surface area contributed by atoms with Crippen molar-refractivity contribution >= 4 is 15.7 Å². The SMILES string of the molecule is O=[N+]([O-])c1cc(S(=O)(=O)N2CCCCCC2)ccc1Oc1ccc2c(c1)OCCO2. The summed E-state index contributed by atoms with van der Waals surface area (Å²) in [6.45, 7) is 1.70. The summed E-state index contributed by atoms with van der Waals surface area (Å²) in [5, 5.41) is 11.6. The molecule has 0 aliphatic carbocycles. The van der Waals surface area contributed by atoms with Crippen LogP contribution in [0.5, 0.6) is 23.0 Å². The van der Waals surface area contributed by atoms with Gasteiger partial charge in [-0.1, -0.05) is 12.8 Å². The van der Waals surface area contributed by atoms with Gasteiger partial charge in [0.25, 0.3) is 0 Å². The van der Waals surface area contributed by atoms with Gasteiger partial charge in [0.05, 0.1) is 9.82 Å². The van der Waals surface area contributed by atoms with Gasteiger partial charge in [0.2, 0.25) is 15.8 Å². The average Bonchev–Trinajstić information content (AvgIpc) is 3.04. The number of hydrogen-bond donors (Lipinski definition) is 0. The molecule has 30 heavy (non-hydrogen) atoms. The molecule has 2 aromatic carbocycles. The minimum absolute atomic E-state index is 0.0495. The number of rotatable bonds is 5. The number of benzene rings is 2. The van der Waals surface area contributed by atoms with Crippen molar-refractivity contribution in [1.82, 2.24) is 4.31 Å². The lowest BCUT2D eigenvalue weighted by Crippen LogP contribution is -2.31. The van der Waals surface area contributed by atoms with Crippen molar-refractivity contribution in [1.29, 1.82) is 0 Å². The molecule has 0 atom stereocenters. The minimum Gasteiger partial charge on any atom is -0.486 e. The molecular formula is C20H22N2O7S. The van der Waals surface area contributed by atoms with E-state index in [0.29, 0.717) is 43.6 Å². The Labute approximate surface area is 174 Å². The molecule has 0 unspecified atom stereocenters. The van der Waals surface area contributed by atoms with Crippen LogP contribution in [0.1, 0.15) is 25.7 Å². The second kappa shape index (κ2) is 8.49. The van der Waals surface area contributed by atoms with E-state index in [1.54, 1.807) is 18.2 Å². The van der Waals surface area contributed by atoms with Crippen LogP contribution in [0, 0.1) is 10.1 Å². The van der Waals surface area contributed by atoms with Gasteiger partial charge in [-0.25, -0.2) is 8.42 Å². The highest BCUT2D eigenvalue weighted by Crippen LogP contribution is 2.38. The molecule has 2 aliphatic heterocycles. The summed E-state index contributed by atoms with van der Waals surface area (Å²) in [6.07, 6.45) is 3.53. The summed E-state index contributed by atoms with van der Waals surface area (Å²) in [5.74, 6) is 1.33. The first-order chi connectivity index (χ1) is 14.4. The Morgan fingerprint density at radius 1 is 0.933 bits per heavy atom. The maximum absolute atomic E-state index is 13.0. The molecule has 1 saturated heterocycles. The Morgan fingerprint density at radius 2 is 1.63 bits per heavy atom. The molecule has 2 heterocycles. The third kappa shape index (κ3) is 4.19. The van der Waals surface area contributed by atoms with E-state index < -0.39 is 20.6 Å². The molecule has 9 nitrogen and oxygen atoms in total. The summed E-state index contributed by atoms with van der Waals surface area (Å²) in [6, 6.07) is 8.58. The van der Waals surface area contributed by atoms with E-state index in [2.05, 4.69) is 0 Å². The highest BCUT2D eigenvalue weighted by molar-refractivity contribution is 7.89. The number of nitrogens with zero attached hydrogens (tertiary/aromatic N) is 2.